The molecular weight excluding hydrogens is 412 g/mol. The Kier molecular flexibility index (Phi) is 5.65. The zero-order valence-corrected chi connectivity index (χ0v) is 18.1. The molecule has 0 spiro atoms. The predicted octanol–water partition coefficient (Wildman–Crippen LogP) is 2.54. The number of rotatable bonds is 3. The molecule has 0 radical (unpaired) electrons. The molecule has 1 amide bonds. The topological polar surface area (TPSA) is 104 Å². The summed E-state index contributed by atoms with van der Waals surface area (Å²) in [6, 6.07) is 15.3. The van der Waals surface area contributed by atoms with Gasteiger partial charge in [0.25, 0.3) is 0 Å². The molecule has 0 unspecified atom stereocenters. The van der Waals surface area contributed by atoms with Crippen LogP contribution < -0.4 is 10.4 Å². The lowest BCUT2D eigenvalue weighted by Gasteiger charge is -2.27. The Bertz CT molecular complexity index is 1200. The van der Waals surface area contributed by atoms with E-state index < -0.39 is 29.3 Å². The van der Waals surface area contributed by atoms with E-state index in [1.165, 1.54) is 4.90 Å². The SMILES string of the molecule is CC(C)(C)OC(=O)N1C[C@@H](c2ccccc2)C[C@H]1C(=O)On1nnc2ccccc2c1=O. The number of nitrogens with zero attached hydrogens (tertiary/aromatic N) is 4. The summed E-state index contributed by atoms with van der Waals surface area (Å²) in [7, 11) is 0. The van der Waals surface area contributed by atoms with Crippen molar-refractivity contribution in [1.29, 1.82) is 0 Å². The number of fused-ring (bicyclic) bond motifs is 1. The number of carbonyl (C=O) groups is 2. The number of aromatic nitrogens is 3. The maximum atomic E-state index is 13.1. The molecule has 0 N–H and O–H groups in total. The number of ether oxygens (including phenoxy) is 1. The van der Waals surface area contributed by atoms with Crippen molar-refractivity contribution < 1.29 is 19.2 Å². The van der Waals surface area contributed by atoms with Crippen LogP contribution in [0, 0.1) is 0 Å². The largest absolute Gasteiger partial charge is 0.444 e. The molecule has 2 atom stereocenters. The van der Waals surface area contributed by atoms with E-state index in [-0.39, 0.29) is 17.8 Å². The molecular formula is C23H24N4O5. The molecule has 9 nitrogen and oxygen atoms in total. The first-order valence-electron chi connectivity index (χ1n) is 10.3. The van der Waals surface area contributed by atoms with Crippen molar-refractivity contribution in [1.82, 2.24) is 20.1 Å². The monoisotopic (exact) mass is 436 g/mol. The van der Waals surface area contributed by atoms with Gasteiger partial charge in [0.15, 0.2) is 0 Å². The molecule has 32 heavy (non-hydrogen) atoms. The fraction of sp³-hybridized carbons (Fsp3) is 0.348. The van der Waals surface area contributed by atoms with Crippen LogP contribution in [0.3, 0.4) is 0 Å². The van der Waals surface area contributed by atoms with E-state index in [0.29, 0.717) is 16.8 Å². The Hall–Kier alpha value is -3.75. The van der Waals surface area contributed by atoms with Crippen molar-refractivity contribution in [2.45, 2.75) is 44.8 Å². The predicted molar refractivity (Wildman–Crippen MR) is 116 cm³/mol. The van der Waals surface area contributed by atoms with Crippen LogP contribution in [0.2, 0.25) is 0 Å². The highest BCUT2D eigenvalue weighted by molar-refractivity contribution is 5.83. The summed E-state index contributed by atoms with van der Waals surface area (Å²) in [4.78, 5) is 45.7. The van der Waals surface area contributed by atoms with Gasteiger partial charge in [0.05, 0.1) is 5.39 Å². The third-order valence-electron chi connectivity index (χ3n) is 5.19. The number of amides is 1. The summed E-state index contributed by atoms with van der Waals surface area (Å²) in [5, 5.41) is 7.89. The van der Waals surface area contributed by atoms with Gasteiger partial charge in [0, 0.05) is 12.5 Å². The summed E-state index contributed by atoms with van der Waals surface area (Å²) in [5.41, 5.74) is 0.0616. The van der Waals surface area contributed by atoms with Crippen molar-refractivity contribution in [2.24, 2.45) is 0 Å². The van der Waals surface area contributed by atoms with Gasteiger partial charge < -0.3 is 9.57 Å². The second kappa shape index (κ2) is 8.41. The highest BCUT2D eigenvalue weighted by Gasteiger charge is 2.43. The van der Waals surface area contributed by atoms with Gasteiger partial charge in [-0.2, -0.15) is 0 Å². The molecule has 0 bridgehead atoms. The van der Waals surface area contributed by atoms with Crippen molar-refractivity contribution in [3.63, 3.8) is 0 Å². The molecule has 2 aromatic carbocycles. The lowest BCUT2D eigenvalue weighted by molar-refractivity contribution is -0.151. The normalized spacial score (nSPS) is 18.5. The van der Waals surface area contributed by atoms with E-state index in [2.05, 4.69) is 10.3 Å². The van der Waals surface area contributed by atoms with E-state index in [9.17, 15) is 14.4 Å². The number of hydrogen-bond acceptors (Lipinski definition) is 7. The first-order chi connectivity index (χ1) is 15.2. The zero-order chi connectivity index (χ0) is 22.9. The number of carbonyl (C=O) groups excluding carboxylic acids is 2. The second-order valence-electron chi connectivity index (χ2n) is 8.69. The molecule has 1 aliphatic heterocycles. The third-order valence-corrected chi connectivity index (χ3v) is 5.19. The van der Waals surface area contributed by atoms with Crippen LogP contribution in [0.15, 0.2) is 59.4 Å². The van der Waals surface area contributed by atoms with Crippen LogP contribution in [-0.4, -0.2) is 50.3 Å². The van der Waals surface area contributed by atoms with Crippen molar-refractivity contribution in [2.75, 3.05) is 6.54 Å². The average molecular weight is 436 g/mol. The van der Waals surface area contributed by atoms with Crippen LogP contribution in [0.5, 0.6) is 0 Å². The van der Waals surface area contributed by atoms with Crippen LogP contribution in [0.4, 0.5) is 4.79 Å². The smallest absolute Gasteiger partial charge is 0.411 e. The van der Waals surface area contributed by atoms with E-state index >= 15 is 0 Å². The Morgan fingerprint density at radius 1 is 1.03 bits per heavy atom. The summed E-state index contributed by atoms with van der Waals surface area (Å²) in [6.07, 6.45) is -0.285. The minimum absolute atomic E-state index is 0.0827. The minimum Gasteiger partial charge on any atom is -0.444 e. The fourth-order valence-electron chi connectivity index (χ4n) is 3.73. The van der Waals surface area contributed by atoms with E-state index in [1.807, 2.05) is 30.3 Å². The maximum absolute atomic E-state index is 13.1. The molecule has 1 fully saturated rings. The first-order valence-corrected chi connectivity index (χ1v) is 10.3. The van der Waals surface area contributed by atoms with E-state index in [4.69, 9.17) is 9.57 Å². The molecule has 1 aromatic heterocycles. The molecule has 4 rings (SSSR count). The Balaban J connectivity index is 1.61. The van der Waals surface area contributed by atoms with Gasteiger partial charge in [0.2, 0.25) is 0 Å². The van der Waals surface area contributed by atoms with Crippen LogP contribution in [0.1, 0.15) is 38.7 Å². The number of benzene rings is 2. The van der Waals surface area contributed by atoms with Gasteiger partial charge in [-0.1, -0.05) is 42.5 Å². The van der Waals surface area contributed by atoms with Gasteiger partial charge in [-0.15, -0.1) is 5.10 Å². The number of likely N-dealkylation sites (tertiary alicyclic amines) is 1. The summed E-state index contributed by atoms with van der Waals surface area (Å²) in [6.45, 7) is 5.56. The lowest BCUT2D eigenvalue weighted by Crippen LogP contribution is -2.47. The highest BCUT2D eigenvalue weighted by Crippen LogP contribution is 2.33. The quantitative estimate of drug-likeness (QED) is 0.581. The minimum atomic E-state index is -0.935. The fourth-order valence-corrected chi connectivity index (χ4v) is 3.73. The molecule has 2 heterocycles. The summed E-state index contributed by atoms with van der Waals surface area (Å²) >= 11 is 0. The molecule has 9 heteroatoms. The van der Waals surface area contributed by atoms with Crippen LogP contribution >= 0.6 is 0 Å². The molecule has 3 aromatic rings. The molecule has 166 valence electrons. The lowest BCUT2D eigenvalue weighted by atomic mass is 9.96. The molecule has 1 saturated heterocycles. The molecule has 0 saturated carbocycles. The number of hydrogen-bond donors (Lipinski definition) is 0. The molecule has 1 aliphatic rings. The van der Waals surface area contributed by atoms with E-state index in [0.717, 1.165) is 5.56 Å². The second-order valence-corrected chi connectivity index (χ2v) is 8.69. The summed E-state index contributed by atoms with van der Waals surface area (Å²) in [5.74, 6) is -0.860. The first kappa shape index (κ1) is 21.5. The Morgan fingerprint density at radius 2 is 1.72 bits per heavy atom. The third kappa shape index (κ3) is 4.46. The Morgan fingerprint density at radius 3 is 2.44 bits per heavy atom. The van der Waals surface area contributed by atoms with Crippen molar-refractivity contribution in [3.8, 4) is 0 Å². The Labute approximate surface area is 184 Å². The molecule has 0 aliphatic carbocycles. The van der Waals surface area contributed by atoms with Gasteiger partial charge in [-0.25, -0.2) is 9.59 Å². The van der Waals surface area contributed by atoms with Gasteiger partial charge in [0.1, 0.15) is 17.2 Å². The summed E-state index contributed by atoms with van der Waals surface area (Å²) < 4.78 is 5.50. The maximum Gasteiger partial charge on any atom is 0.411 e. The van der Waals surface area contributed by atoms with Crippen molar-refractivity contribution in [3.05, 3.63) is 70.5 Å². The van der Waals surface area contributed by atoms with Gasteiger partial charge in [-0.05, 0) is 54.9 Å². The van der Waals surface area contributed by atoms with Gasteiger partial charge in [-0.3, -0.25) is 9.69 Å². The van der Waals surface area contributed by atoms with Gasteiger partial charge >= 0.3 is 17.6 Å². The van der Waals surface area contributed by atoms with Crippen molar-refractivity contribution >= 4 is 23.0 Å². The highest BCUT2D eigenvalue weighted by atomic mass is 16.7. The average Bonchev–Trinajstić information content (AvgIpc) is 3.21. The zero-order valence-electron chi connectivity index (χ0n) is 18.1. The van der Waals surface area contributed by atoms with Crippen LogP contribution in [-0.2, 0) is 9.53 Å². The van der Waals surface area contributed by atoms with Crippen LogP contribution in [0.25, 0.3) is 10.9 Å². The van der Waals surface area contributed by atoms with E-state index in [1.54, 1.807) is 45.0 Å². The standard InChI is InChI=1S/C23H24N4O5/c1-23(2,3)31-22(30)26-14-16(15-9-5-4-6-10-15)13-19(26)21(29)32-27-20(28)17-11-7-8-12-18(17)24-25-27/h4-12,16,19H,13-14H2,1-3H3/t16-,19-/m0/s1.